The van der Waals surface area contributed by atoms with Crippen LogP contribution in [0.3, 0.4) is 0 Å². The van der Waals surface area contributed by atoms with E-state index in [1.807, 2.05) is 24.3 Å². The largest absolute Gasteiger partial charge is 0.508 e. The molecule has 0 unspecified atom stereocenters. The second-order valence-corrected chi connectivity index (χ2v) is 7.55. The molecule has 0 aliphatic rings. The normalized spacial score (nSPS) is 11.2. The third-order valence-corrected chi connectivity index (χ3v) is 5.67. The summed E-state index contributed by atoms with van der Waals surface area (Å²) in [6.07, 6.45) is 3.47. The first-order valence-corrected chi connectivity index (χ1v) is 9.86. The molecule has 0 amide bonds. The number of phenols is 1. The van der Waals surface area contributed by atoms with Crippen molar-refractivity contribution in [3.63, 3.8) is 0 Å². The number of benzene rings is 2. The predicted molar refractivity (Wildman–Crippen MR) is 114 cm³/mol. The standard InChI is InChI=1S/C22H15FN4OS/c23-19-12-29-20-9-14(4-5-17(19)20)21-16-6-7-24-11-18(16)22(27-26-21)25-10-13-2-1-3-15(28)8-13/h1-9,11-12,28H,10H2,(H,25,27). The third kappa shape index (κ3) is 3.25. The maximum atomic E-state index is 13.8. The molecule has 2 N–H and O–H groups in total. The Kier molecular flexibility index (Phi) is 4.29. The minimum atomic E-state index is -0.205. The first kappa shape index (κ1) is 17.5. The van der Waals surface area contributed by atoms with E-state index in [-0.39, 0.29) is 11.6 Å². The van der Waals surface area contributed by atoms with Crippen molar-refractivity contribution in [2.24, 2.45) is 0 Å². The number of aromatic nitrogens is 3. The smallest absolute Gasteiger partial charge is 0.158 e. The summed E-state index contributed by atoms with van der Waals surface area (Å²) in [6, 6.07) is 14.5. The number of hydrogen-bond acceptors (Lipinski definition) is 6. The van der Waals surface area contributed by atoms with Gasteiger partial charge in [-0.3, -0.25) is 4.98 Å². The molecule has 2 aromatic carbocycles. The average Bonchev–Trinajstić information content (AvgIpc) is 3.12. The van der Waals surface area contributed by atoms with Crippen LogP contribution in [0.5, 0.6) is 5.75 Å². The Labute approximate surface area is 169 Å². The van der Waals surface area contributed by atoms with Gasteiger partial charge in [0.15, 0.2) is 5.82 Å². The van der Waals surface area contributed by atoms with E-state index in [9.17, 15) is 9.50 Å². The summed E-state index contributed by atoms with van der Waals surface area (Å²) in [7, 11) is 0. The van der Waals surface area contributed by atoms with Crippen LogP contribution in [0.25, 0.3) is 32.1 Å². The van der Waals surface area contributed by atoms with Crippen molar-refractivity contribution in [1.29, 1.82) is 0 Å². The molecule has 0 saturated heterocycles. The highest BCUT2D eigenvalue weighted by atomic mass is 32.1. The number of fused-ring (bicyclic) bond motifs is 2. The molecule has 0 aliphatic carbocycles. The van der Waals surface area contributed by atoms with Crippen molar-refractivity contribution < 1.29 is 9.50 Å². The molecule has 0 aliphatic heterocycles. The molecular weight excluding hydrogens is 387 g/mol. The Bertz CT molecular complexity index is 1350. The number of pyridine rings is 1. The number of rotatable bonds is 4. The van der Waals surface area contributed by atoms with Crippen LogP contribution in [0.4, 0.5) is 10.2 Å². The van der Waals surface area contributed by atoms with E-state index < -0.39 is 0 Å². The molecular formula is C22H15FN4OS. The maximum Gasteiger partial charge on any atom is 0.158 e. The Hall–Kier alpha value is -3.58. The fourth-order valence-electron chi connectivity index (χ4n) is 3.34. The Balaban J connectivity index is 1.55. The molecule has 5 nitrogen and oxygen atoms in total. The summed E-state index contributed by atoms with van der Waals surface area (Å²) in [6.45, 7) is 0.493. The van der Waals surface area contributed by atoms with E-state index in [1.165, 1.54) is 16.7 Å². The molecule has 0 spiro atoms. The number of phenolic OH excluding ortho intramolecular Hbond substituents is 1. The number of anilines is 1. The second-order valence-electron chi connectivity index (χ2n) is 6.64. The Morgan fingerprint density at radius 3 is 2.83 bits per heavy atom. The second kappa shape index (κ2) is 7.10. The van der Waals surface area contributed by atoms with Crippen molar-refractivity contribution in [2.45, 2.75) is 6.54 Å². The lowest BCUT2D eigenvalue weighted by Crippen LogP contribution is -2.04. The van der Waals surface area contributed by atoms with Crippen LogP contribution in [0.15, 0.2) is 66.3 Å². The van der Waals surface area contributed by atoms with Gasteiger partial charge in [-0.1, -0.05) is 18.2 Å². The van der Waals surface area contributed by atoms with Gasteiger partial charge in [0.2, 0.25) is 0 Å². The van der Waals surface area contributed by atoms with Gasteiger partial charge < -0.3 is 10.4 Å². The zero-order valence-corrected chi connectivity index (χ0v) is 15.9. The molecule has 0 fully saturated rings. The first-order chi connectivity index (χ1) is 14.2. The van der Waals surface area contributed by atoms with E-state index in [4.69, 9.17) is 0 Å². The number of nitrogens with one attached hydrogen (secondary N) is 1. The van der Waals surface area contributed by atoms with Gasteiger partial charge in [0.25, 0.3) is 0 Å². The van der Waals surface area contributed by atoms with Crippen LogP contribution < -0.4 is 5.32 Å². The lowest BCUT2D eigenvalue weighted by atomic mass is 10.1. The lowest BCUT2D eigenvalue weighted by Gasteiger charge is -2.11. The fraction of sp³-hybridized carbons (Fsp3) is 0.0455. The van der Waals surface area contributed by atoms with Crippen molar-refractivity contribution in [1.82, 2.24) is 15.2 Å². The molecule has 3 aromatic heterocycles. The van der Waals surface area contributed by atoms with Crippen molar-refractivity contribution in [3.8, 4) is 17.0 Å². The molecule has 5 aromatic rings. The van der Waals surface area contributed by atoms with Gasteiger partial charge in [0, 0.05) is 50.7 Å². The van der Waals surface area contributed by atoms with Crippen LogP contribution in [0.1, 0.15) is 5.56 Å². The van der Waals surface area contributed by atoms with Gasteiger partial charge in [-0.05, 0) is 35.9 Å². The highest BCUT2D eigenvalue weighted by Gasteiger charge is 2.13. The zero-order valence-electron chi connectivity index (χ0n) is 15.1. The molecule has 29 heavy (non-hydrogen) atoms. The van der Waals surface area contributed by atoms with Crippen LogP contribution in [-0.4, -0.2) is 20.3 Å². The summed E-state index contributed by atoms with van der Waals surface area (Å²) in [5, 5.41) is 25.6. The minimum Gasteiger partial charge on any atom is -0.508 e. The number of halogens is 1. The molecule has 142 valence electrons. The molecule has 0 radical (unpaired) electrons. The summed E-state index contributed by atoms with van der Waals surface area (Å²) < 4.78 is 14.7. The van der Waals surface area contributed by atoms with Crippen LogP contribution in [0, 0.1) is 5.82 Å². The number of hydrogen-bond donors (Lipinski definition) is 2. The summed E-state index contributed by atoms with van der Waals surface area (Å²) >= 11 is 1.37. The Morgan fingerprint density at radius 2 is 1.93 bits per heavy atom. The predicted octanol–water partition coefficient (Wildman–Crippen LogP) is 5.36. The van der Waals surface area contributed by atoms with Crippen molar-refractivity contribution >= 4 is 38.0 Å². The monoisotopic (exact) mass is 402 g/mol. The van der Waals surface area contributed by atoms with E-state index in [0.29, 0.717) is 17.7 Å². The van der Waals surface area contributed by atoms with Gasteiger partial charge in [0.1, 0.15) is 17.3 Å². The van der Waals surface area contributed by atoms with Crippen molar-refractivity contribution in [3.05, 3.63) is 77.7 Å². The molecule has 3 heterocycles. The van der Waals surface area contributed by atoms with Gasteiger partial charge in [-0.15, -0.1) is 21.5 Å². The van der Waals surface area contributed by atoms with Gasteiger partial charge >= 0.3 is 0 Å². The maximum absolute atomic E-state index is 13.8. The average molecular weight is 402 g/mol. The summed E-state index contributed by atoms with van der Waals surface area (Å²) in [4.78, 5) is 4.24. The van der Waals surface area contributed by atoms with Crippen molar-refractivity contribution in [2.75, 3.05) is 5.32 Å². The van der Waals surface area contributed by atoms with E-state index in [0.717, 1.165) is 32.3 Å². The Morgan fingerprint density at radius 1 is 1.00 bits per heavy atom. The van der Waals surface area contributed by atoms with Crippen LogP contribution in [0.2, 0.25) is 0 Å². The highest BCUT2D eigenvalue weighted by molar-refractivity contribution is 7.17. The number of thiophene rings is 1. The van der Waals surface area contributed by atoms with E-state index in [2.05, 4.69) is 20.5 Å². The molecule has 0 atom stereocenters. The molecule has 0 saturated carbocycles. The lowest BCUT2D eigenvalue weighted by molar-refractivity contribution is 0.474. The van der Waals surface area contributed by atoms with Gasteiger partial charge in [-0.2, -0.15) is 0 Å². The zero-order chi connectivity index (χ0) is 19.8. The molecule has 7 heteroatoms. The van der Waals surface area contributed by atoms with E-state index >= 15 is 0 Å². The summed E-state index contributed by atoms with van der Waals surface area (Å²) in [5.41, 5.74) is 2.53. The first-order valence-electron chi connectivity index (χ1n) is 8.98. The van der Waals surface area contributed by atoms with Gasteiger partial charge in [0.05, 0.1) is 0 Å². The van der Waals surface area contributed by atoms with Gasteiger partial charge in [-0.25, -0.2) is 4.39 Å². The molecule has 0 bridgehead atoms. The number of nitrogens with zero attached hydrogens (tertiary/aromatic N) is 3. The molecule has 5 rings (SSSR count). The SMILES string of the molecule is Oc1cccc(CNc2nnc(-c3ccc4c(F)csc4c3)c3ccncc23)c1. The third-order valence-electron chi connectivity index (χ3n) is 4.75. The van der Waals surface area contributed by atoms with Crippen LogP contribution in [-0.2, 0) is 6.54 Å². The quantitative estimate of drug-likeness (QED) is 0.423. The topological polar surface area (TPSA) is 70.9 Å². The number of aromatic hydroxyl groups is 1. The van der Waals surface area contributed by atoms with E-state index in [1.54, 1.807) is 36.7 Å². The van der Waals surface area contributed by atoms with Crippen LogP contribution >= 0.6 is 11.3 Å². The highest BCUT2D eigenvalue weighted by Crippen LogP contribution is 2.33. The minimum absolute atomic E-state index is 0.205. The fourth-order valence-corrected chi connectivity index (χ4v) is 4.18. The summed E-state index contributed by atoms with van der Waals surface area (Å²) in [5.74, 6) is 0.629.